The number of aromatic nitrogens is 1. The molecule has 4 nitrogen and oxygen atoms in total. The summed E-state index contributed by atoms with van der Waals surface area (Å²) in [5, 5.41) is 7.23. The minimum Gasteiger partial charge on any atom is -0.456 e. The Morgan fingerprint density at radius 2 is 1.24 bits per heavy atom. The van der Waals surface area contributed by atoms with Gasteiger partial charge in [-0.15, -0.1) is 0 Å². The molecule has 0 amide bonds. The van der Waals surface area contributed by atoms with Gasteiger partial charge in [0.2, 0.25) is 0 Å². The Bertz CT molecular complexity index is 2860. The second-order valence-corrected chi connectivity index (χ2v) is 14.6. The highest BCUT2D eigenvalue weighted by Gasteiger charge is 2.18. The third-order valence-electron chi connectivity index (χ3n) is 11.0. The molecule has 0 saturated carbocycles. The molecule has 1 aliphatic rings. The number of furan rings is 1. The molecule has 1 aliphatic carbocycles. The van der Waals surface area contributed by atoms with Gasteiger partial charge >= 0.3 is 0 Å². The van der Waals surface area contributed by atoms with Crippen molar-refractivity contribution in [2.24, 2.45) is 0 Å². The molecule has 7 aromatic carbocycles. The lowest BCUT2D eigenvalue weighted by Crippen LogP contribution is -2.36. The van der Waals surface area contributed by atoms with Crippen molar-refractivity contribution in [3.63, 3.8) is 0 Å². The molecule has 0 aliphatic heterocycles. The molecule has 10 rings (SSSR count). The normalized spacial score (nSPS) is 13.9. The molecule has 0 saturated heterocycles. The number of hydrogen-bond acceptors (Lipinski definition) is 3. The number of fused-ring (bicyclic) bond motifs is 6. The van der Waals surface area contributed by atoms with Crippen LogP contribution in [-0.2, 0) is 19.6 Å². The second-order valence-electron chi connectivity index (χ2n) is 14.6. The monoisotopic (exact) mass is 711 g/mol. The fraction of sp³-hybridized carbons (Fsp3) is 0.0980. The number of nitrogens with zero attached hydrogens (tertiary/aromatic N) is 2. The lowest BCUT2D eigenvalue weighted by atomic mass is 9.91. The van der Waals surface area contributed by atoms with Gasteiger partial charge in [0.15, 0.2) is 0 Å². The van der Waals surface area contributed by atoms with Crippen LogP contribution in [0, 0.1) is 0 Å². The van der Waals surface area contributed by atoms with E-state index < -0.39 is 0 Å². The van der Waals surface area contributed by atoms with Crippen molar-refractivity contribution in [1.29, 1.82) is 0 Å². The van der Waals surface area contributed by atoms with E-state index in [9.17, 15) is 0 Å². The van der Waals surface area contributed by atoms with Crippen molar-refractivity contribution in [3.05, 3.63) is 209 Å². The molecule has 0 fully saturated rings. The molecule has 0 radical (unpaired) electrons. The zero-order valence-corrected chi connectivity index (χ0v) is 30.6. The van der Waals surface area contributed by atoms with Gasteiger partial charge in [-0.25, -0.2) is 5.01 Å². The van der Waals surface area contributed by atoms with E-state index in [-0.39, 0.29) is 5.92 Å². The van der Waals surface area contributed by atoms with Crippen LogP contribution in [0.2, 0.25) is 0 Å². The van der Waals surface area contributed by atoms with Crippen LogP contribution in [0.5, 0.6) is 0 Å². The average molecular weight is 712 g/mol. The highest BCUT2D eigenvalue weighted by molar-refractivity contribution is 6.10. The van der Waals surface area contributed by atoms with Crippen LogP contribution in [-0.4, -0.2) is 9.58 Å². The molecule has 2 aromatic heterocycles. The summed E-state index contributed by atoms with van der Waals surface area (Å²) in [6.07, 6.45) is 5.60. The summed E-state index contributed by atoms with van der Waals surface area (Å²) in [6.45, 7) is 2.40. The molecule has 0 bridgehead atoms. The molecule has 0 spiro atoms. The van der Waals surface area contributed by atoms with E-state index in [4.69, 9.17) is 4.42 Å². The van der Waals surface area contributed by atoms with Gasteiger partial charge in [-0.3, -0.25) is 5.43 Å². The molecule has 2 heterocycles. The fourth-order valence-corrected chi connectivity index (χ4v) is 8.27. The van der Waals surface area contributed by atoms with E-state index in [0.29, 0.717) is 0 Å². The summed E-state index contributed by atoms with van der Waals surface area (Å²) in [6, 6.07) is 63.4. The summed E-state index contributed by atoms with van der Waals surface area (Å²) in [5.74, 6) is 0.252. The molecule has 9 aromatic rings. The zero-order valence-electron chi connectivity index (χ0n) is 30.6. The van der Waals surface area contributed by atoms with Gasteiger partial charge in [-0.05, 0) is 82.3 Å². The highest BCUT2D eigenvalue weighted by Crippen LogP contribution is 2.36. The minimum absolute atomic E-state index is 0.252. The van der Waals surface area contributed by atoms with E-state index >= 15 is 0 Å². The van der Waals surface area contributed by atoms with Gasteiger partial charge in [-0.2, -0.15) is 0 Å². The van der Waals surface area contributed by atoms with Crippen LogP contribution in [0.1, 0.15) is 34.6 Å². The second kappa shape index (κ2) is 14.4. The van der Waals surface area contributed by atoms with E-state index in [0.717, 1.165) is 37.1 Å². The Balaban J connectivity index is 0.921. The molecule has 1 unspecified atom stereocenters. The third kappa shape index (κ3) is 6.57. The van der Waals surface area contributed by atoms with E-state index in [2.05, 4.69) is 197 Å². The number of hydrogen-bond donors (Lipinski definition) is 1. The topological polar surface area (TPSA) is 33.3 Å². The van der Waals surface area contributed by atoms with E-state index in [1.54, 1.807) is 0 Å². The minimum atomic E-state index is 0.252. The Morgan fingerprint density at radius 1 is 0.564 bits per heavy atom. The van der Waals surface area contributed by atoms with Gasteiger partial charge in [-0.1, -0.05) is 146 Å². The summed E-state index contributed by atoms with van der Waals surface area (Å²) in [5.41, 5.74) is 16.8. The molecular formula is C51H41N3O. The van der Waals surface area contributed by atoms with Crippen molar-refractivity contribution < 1.29 is 4.42 Å². The first kappa shape index (κ1) is 33.1. The fourth-order valence-electron chi connectivity index (χ4n) is 8.27. The zero-order chi connectivity index (χ0) is 36.6. The Morgan fingerprint density at radius 3 is 2.02 bits per heavy atom. The summed E-state index contributed by atoms with van der Waals surface area (Å²) in [4.78, 5) is 0. The first-order valence-corrected chi connectivity index (χ1v) is 19.2. The third-order valence-corrected chi connectivity index (χ3v) is 11.0. The van der Waals surface area contributed by atoms with Crippen molar-refractivity contribution in [1.82, 2.24) is 15.0 Å². The predicted octanol–water partition coefficient (Wildman–Crippen LogP) is 10.7. The number of nitrogens with one attached hydrogen (secondary N) is 1. The average Bonchev–Trinajstić information content (AvgIpc) is 3.79. The molecule has 1 N–H and O–H groups in total. The van der Waals surface area contributed by atoms with E-state index in [1.807, 2.05) is 6.07 Å². The molecule has 4 heteroatoms. The van der Waals surface area contributed by atoms with Crippen molar-refractivity contribution in [3.8, 4) is 16.8 Å². The van der Waals surface area contributed by atoms with Crippen molar-refractivity contribution in [2.75, 3.05) is 0 Å². The Kier molecular flexibility index (Phi) is 8.68. The van der Waals surface area contributed by atoms with Gasteiger partial charge in [0.1, 0.15) is 11.0 Å². The maximum atomic E-state index is 6.28. The van der Waals surface area contributed by atoms with Crippen LogP contribution < -0.4 is 16.1 Å². The number of rotatable bonds is 10. The van der Waals surface area contributed by atoms with Gasteiger partial charge < -0.3 is 8.98 Å². The van der Waals surface area contributed by atoms with Crippen LogP contribution in [0.25, 0.3) is 61.7 Å². The number of para-hydroxylation sites is 2. The predicted molar refractivity (Wildman–Crippen MR) is 227 cm³/mol. The first-order chi connectivity index (χ1) is 27.2. The summed E-state index contributed by atoms with van der Waals surface area (Å²) < 4.78 is 8.70. The maximum Gasteiger partial charge on any atom is 0.135 e. The summed E-state index contributed by atoms with van der Waals surface area (Å²) >= 11 is 0. The van der Waals surface area contributed by atoms with Crippen LogP contribution >= 0.6 is 0 Å². The lowest BCUT2D eigenvalue weighted by molar-refractivity contribution is 0.165. The van der Waals surface area contributed by atoms with E-state index in [1.165, 1.54) is 71.5 Å². The molecule has 55 heavy (non-hydrogen) atoms. The SMILES string of the molecule is C1=c2oc3ccccc3c2=CCC1c1cccc(-n2c3ccccc3c3cc(-c4ccc(CNN(Cc5ccccc5)Cc5ccccc5)cc4)ccc32)c1. The molecule has 1 atom stereocenters. The number of hydrazine groups is 1. The quantitative estimate of drug-likeness (QED) is 0.143. The number of benzene rings is 7. The Hall–Kier alpha value is -6.46. The summed E-state index contributed by atoms with van der Waals surface area (Å²) in [7, 11) is 0. The van der Waals surface area contributed by atoms with Crippen molar-refractivity contribution in [2.45, 2.75) is 32.0 Å². The first-order valence-electron chi connectivity index (χ1n) is 19.2. The van der Waals surface area contributed by atoms with Crippen LogP contribution in [0.15, 0.2) is 180 Å². The highest BCUT2D eigenvalue weighted by atomic mass is 16.3. The van der Waals surface area contributed by atoms with Gasteiger partial charge in [0.05, 0.1) is 11.0 Å². The van der Waals surface area contributed by atoms with Crippen LogP contribution in [0.4, 0.5) is 0 Å². The van der Waals surface area contributed by atoms with Crippen LogP contribution in [0.3, 0.4) is 0 Å². The maximum absolute atomic E-state index is 6.28. The standard InChI is InChI=1S/C51H41N3O/c1-3-12-37(13-4-1)34-53(35-38-14-5-2-6-15-38)52-33-36-22-24-39(25-23-36)41-27-29-49-47(31-41)44-18-7-9-20-48(44)54(49)43-17-11-16-40(30-43)42-26-28-46-45-19-8-10-21-50(45)55-51(46)32-42/h1-25,27-32,42,52H,26,33-35H2. The smallest absolute Gasteiger partial charge is 0.135 e. The Labute approximate surface area is 320 Å². The molecular weight excluding hydrogens is 671 g/mol. The largest absolute Gasteiger partial charge is 0.456 e. The van der Waals surface area contributed by atoms with Crippen molar-refractivity contribution >= 4 is 44.9 Å². The lowest BCUT2D eigenvalue weighted by Gasteiger charge is -2.24. The molecule has 266 valence electrons. The van der Waals surface area contributed by atoms with Gasteiger partial charge in [0.25, 0.3) is 0 Å². The van der Waals surface area contributed by atoms with Gasteiger partial charge in [0, 0.05) is 52.6 Å².